The summed E-state index contributed by atoms with van der Waals surface area (Å²) in [5, 5.41) is 3.11. The van der Waals surface area contributed by atoms with E-state index in [0.717, 1.165) is 25.7 Å². The Labute approximate surface area is 63.0 Å². The highest BCUT2D eigenvalue weighted by Gasteiger charge is 2.02. The number of carbonyl (C=O) groups is 1. The summed E-state index contributed by atoms with van der Waals surface area (Å²) in [5.74, 6) is 0.676. The molecule has 0 radical (unpaired) electrons. The van der Waals surface area contributed by atoms with Gasteiger partial charge in [-0.15, -0.1) is 0 Å². The zero-order valence-corrected chi connectivity index (χ0v) is 6.89. The normalized spacial score (nSPS) is 13.0. The van der Waals surface area contributed by atoms with Crippen LogP contribution in [0, 0.1) is 5.92 Å². The van der Waals surface area contributed by atoms with Gasteiger partial charge in [0.1, 0.15) is 6.29 Å². The average molecular weight is 143 g/mol. The maximum Gasteiger partial charge on any atom is 0.120 e. The minimum Gasteiger partial charge on any atom is -0.319 e. The van der Waals surface area contributed by atoms with Crippen LogP contribution in [0.2, 0.25) is 0 Å². The van der Waals surface area contributed by atoms with Crippen LogP contribution < -0.4 is 5.32 Å². The number of rotatable bonds is 6. The predicted molar refractivity (Wildman–Crippen MR) is 43.0 cm³/mol. The third-order valence-corrected chi connectivity index (χ3v) is 1.76. The van der Waals surface area contributed by atoms with E-state index >= 15 is 0 Å². The quantitative estimate of drug-likeness (QED) is 0.566. The molecule has 0 rings (SSSR count). The highest BCUT2D eigenvalue weighted by Crippen LogP contribution is 2.07. The minimum atomic E-state index is 0.676. The lowest BCUT2D eigenvalue weighted by Gasteiger charge is -2.11. The maximum atomic E-state index is 10.0. The lowest BCUT2D eigenvalue weighted by atomic mass is 10.0. The van der Waals surface area contributed by atoms with Crippen molar-refractivity contribution in [3.63, 3.8) is 0 Å². The highest BCUT2D eigenvalue weighted by atomic mass is 16.1. The standard InChI is InChI=1S/C8H17NO/c1-3-8(7-9-2)5-4-6-10/h6,8-9H,3-5,7H2,1-2H3. The Kier molecular flexibility index (Phi) is 6.50. The summed E-state index contributed by atoms with van der Waals surface area (Å²) in [7, 11) is 1.95. The van der Waals surface area contributed by atoms with E-state index in [1.165, 1.54) is 0 Å². The Morgan fingerprint density at radius 2 is 2.30 bits per heavy atom. The molecule has 10 heavy (non-hydrogen) atoms. The van der Waals surface area contributed by atoms with Crippen LogP contribution in [0.3, 0.4) is 0 Å². The summed E-state index contributed by atoms with van der Waals surface area (Å²) >= 11 is 0. The zero-order chi connectivity index (χ0) is 7.82. The van der Waals surface area contributed by atoms with Gasteiger partial charge in [0, 0.05) is 6.42 Å². The fourth-order valence-electron chi connectivity index (χ4n) is 1.04. The SMILES string of the molecule is CCC(CCC=O)CNC. The molecule has 1 unspecified atom stereocenters. The third-order valence-electron chi connectivity index (χ3n) is 1.76. The van der Waals surface area contributed by atoms with E-state index in [1.54, 1.807) is 0 Å². The Bertz CT molecular complexity index is 83.3. The Morgan fingerprint density at radius 1 is 1.60 bits per heavy atom. The van der Waals surface area contributed by atoms with Crippen molar-refractivity contribution in [3.05, 3.63) is 0 Å². The first kappa shape index (κ1) is 9.63. The van der Waals surface area contributed by atoms with Crippen LogP contribution >= 0.6 is 0 Å². The van der Waals surface area contributed by atoms with E-state index in [2.05, 4.69) is 12.2 Å². The molecule has 0 bridgehead atoms. The smallest absolute Gasteiger partial charge is 0.120 e. The predicted octanol–water partition coefficient (Wildman–Crippen LogP) is 1.21. The van der Waals surface area contributed by atoms with Gasteiger partial charge in [0.2, 0.25) is 0 Å². The summed E-state index contributed by atoms with van der Waals surface area (Å²) in [6, 6.07) is 0. The summed E-state index contributed by atoms with van der Waals surface area (Å²) in [5.41, 5.74) is 0. The first-order valence-electron chi connectivity index (χ1n) is 3.93. The number of aldehydes is 1. The molecular formula is C8H17NO. The van der Waals surface area contributed by atoms with Gasteiger partial charge in [0.25, 0.3) is 0 Å². The van der Waals surface area contributed by atoms with Gasteiger partial charge >= 0.3 is 0 Å². The molecule has 0 fully saturated rings. The average Bonchev–Trinajstić information content (AvgIpc) is 1.98. The molecule has 60 valence electrons. The van der Waals surface area contributed by atoms with Gasteiger partial charge in [0.05, 0.1) is 0 Å². The van der Waals surface area contributed by atoms with Crippen LogP contribution in [0.4, 0.5) is 0 Å². The van der Waals surface area contributed by atoms with Gasteiger partial charge in [-0.25, -0.2) is 0 Å². The van der Waals surface area contributed by atoms with E-state index in [9.17, 15) is 4.79 Å². The zero-order valence-electron chi connectivity index (χ0n) is 6.89. The first-order chi connectivity index (χ1) is 4.85. The summed E-state index contributed by atoms with van der Waals surface area (Å²) in [6.45, 7) is 3.19. The van der Waals surface area contributed by atoms with Crippen molar-refractivity contribution in [2.45, 2.75) is 26.2 Å². The molecule has 2 nitrogen and oxygen atoms in total. The van der Waals surface area contributed by atoms with Crippen molar-refractivity contribution < 1.29 is 4.79 Å². The molecule has 0 amide bonds. The van der Waals surface area contributed by atoms with Crippen LogP contribution in [0.1, 0.15) is 26.2 Å². The van der Waals surface area contributed by atoms with Gasteiger partial charge in [-0.3, -0.25) is 0 Å². The molecule has 0 aromatic heterocycles. The van der Waals surface area contributed by atoms with Crippen molar-refractivity contribution >= 4 is 6.29 Å². The number of carbonyl (C=O) groups excluding carboxylic acids is 1. The molecule has 0 aliphatic carbocycles. The molecule has 0 heterocycles. The van der Waals surface area contributed by atoms with Crippen LogP contribution in [-0.2, 0) is 4.79 Å². The molecule has 0 saturated heterocycles. The monoisotopic (exact) mass is 143 g/mol. The number of nitrogens with one attached hydrogen (secondary N) is 1. The van der Waals surface area contributed by atoms with Crippen LogP contribution in [-0.4, -0.2) is 19.9 Å². The second-order valence-electron chi connectivity index (χ2n) is 2.58. The summed E-state index contributed by atoms with van der Waals surface area (Å²) < 4.78 is 0. The van der Waals surface area contributed by atoms with Crippen LogP contribution in [0.15, 0.2) is 0 Å². The highest BCUT2D eigenvalue weighted by molar-refractivity contribution is 5.49. The first-order valence-corrected chi connectivity index (χ1v) is 3.93. The maximum absolute atomic E-state index is 10.0. The van der Waals surface area contributed by atoms with Crippen molar-refractivity contribution in [1.82, 2.24) is 5.32 Å². The molecule has 0 aromatic rings. The molecule has 0 aliphatic rings. The fourth-order valence-corrected chi connectivity index (χ4v) is 1.04. The van der Waals surface area contributed by atoms with Crippen LogP contribution in [0.5, 0.6) is 0 Å². The second kappa shape index (κ2) is 6.75. The molecule has 2 heteroatoms. The molecule has 1 atom stereocenters. The van der Waals surface area contributed by atoms with Crippen molar-refractivity contribution in [1.29, 1.82) is 0 Å². The molecule has 1 N–H and O–H groups in total. The van der Waals surface area contributed by atoms with Crippen molar-refractivity contribution in [3.8, 4) is 0 Å². The lowest BCUT2D eigenvalue weighted by molar-refractivity contribution is -0.108. The molecule has 0 spiro atoms. The van der Waals surface area contributed by atoms with Gasteiger partial charge in [-0.05, 0) is 25.9 Å². The second-order valence-corrected chi connectivity index (χ2v) is 2.58. The lowest BCUT2D eigenvalue weighted by Crippen LogP contribution is -2.18. The van der Waals surface area contributed by atoms with E-state index in [1.807, 2.05) is 7.05 Å². The topological polar surface area (TPSA) is 29.1 Å². The number of hydrogen-bond acceptors (Lipinski definition) is 2. The number of hydrogen-bond donors (Lipinski definition) is 1. The molecular weight excluding hydrogens is 126 g/mol. The summed E-state index contributed by atoms with van der Waals surface area (Å²) in [6.07, 6.45) is 3.90. The van der Waals surface area contributed by atoms with Gasteiger partial charge in [0.15, 0.2) is 0 Å². The summed E-state index contributed by atoms with van der Waals surface area (Å²) in [4.78, 5) is 10.0. The minimum absolute atomic E-state index is 0.676. The van der Waals surface area contributed by atoms with E-state index < -0.39 is 0 Å². The van der Waals surface area contributed by atoms with Crippen molar-refractivity contribution in [2.75, 3.05) is 13.6 Å². The van der Waals surface area contributed by atoms with Crippen LogP contribution in [0.25, 0.3) is 0 Å². The third kappa shape index (κ3) is 4.50. The Balaban J connectivity index is 3.29. The van der Waals surface area contributed by atoms with Crippen molar-refractivity contribution in [2.24, 2.45) is 5.92 Å². The Hall–Kier alpha value is -0.370. The van der Waals surface area contributed by atoms with Gasteiger partial charge < -0.3 is 10.1 Å². The van der Waals surface area contributed by atoms with Gasteiger partial charge in [-0.1, -0.05) is 13.3 Å². The van der Waals surface area contributed by atoms with Gasteiger partial charge in [-0.2, -0.15) is 0 Å². The molecule has 0 saturated carbocycles. The van der Waals surface area contributed by atoms with E-state index in [-0.39, 0.29) is 0 Å². The Morgan fingerprint density at radius 3 is 2.70 bits per heavy atom. The van der Waals surface area contributed by atoms with E-state index in [0.29, 0.717) is 12.3 Å². The fraction of sp³-hybridized carbons (Fsp3) is 0.875. The molecule has 0 aromatic carbocycles. The van der Waals surface area contributed by atoms with E-state index in [4.69, 9.17) is 0 Å². The molecule has 0 aliphatic heterocycles. The largest absolute Gasteiger partial charge is 0.319 e.